The van der Waals surface area contributed by atoms with Gasteiger partial charge in [0.05, 0.1) is 0 Å². The Morgan fingerprint density at radius 2 is 2.19 bits per heavy atom. The normalized spacial score (nSPS) is 47.8. The Bertz CT molecular complexity index is 352. The van der Waals surface area contributed by atoms with Gasteiger partial charge in [-0.05, 0) is 0 Å². The van der Waals surface area contributed by atoms with Crippen LogP contribution in [0.5, 0.6) is 0 Å². The Balaban J connectivity index is 1.92. The number of fused-ring (bicyclic) bond motifs is 5. The van der Waals surface area contributed by atoms with E-state index in [1.807, 2.05) is 0 Å². The molecule has 2 nitrogen and oxygen atoms in total. The average Bonchev–Trinajstić information content (AvgIpc) is 2.75. The van der Waals surface area contributed by atoms with Gasteiger partial charge in [-0.15, -0.1) is 0 Å². The third kappa shape index (κ3) is 1.12. The van der Waals surface area contributed by atoms with Crippen molar-refractivity contribution in [3.8, 4) is 0 Å². The fraction of sp³-hybridized carbons (Fsp3) is 0.923. The molecule has 4 atom stereocenters. The number of aliphatic imine (C=N–C) groups is 1. The van der Waals surface area contributed by atoms with Crippen LogP contribution in [0.15, 0.2) is 4.99 Å². The van der Waals surface area contributed by atoms with Crippen LogP contribution in [0.4, 0.5) is 0 Å². The van der Waals surface area contributed by atoms with Crippen LogP contribution in [-0.4, -0.2) is 33.0 Å². The van der Waals surface area contributed by atoms with Gasteiger partial charge in [-0.25, -0.2) is 0 Å². The van der Waals surface area contributed by atoms with Gasteiger partial charge < -0.3 is 0 Å². The van der Waals surface area contributed by atoms with Crippen molar-refractivity contribution in [2.45, 2.75) is 56.9 Å². The molecule has 90 valence electrons. The van der Waals surface area contributed by atoms with Crippen molar-refractivity contribution in [2.75, 3.05) is 0 Å². The molecule has 16 heavy (non-hydrogen) atoms. The van der Waals surface area contributed by atoms with Crippen LogP contribution in [0.25, 0.3) is 0 Å². The third-order valence-corrected chi connectivity index (χ3v) is 6.67. The van der Waals surface area contributed by atoms with E-state index in [4.69, 9.17) is 9.73 Å². The molecular weight excluding hydrogens is 265 g/mol. The van der Waals surface area contributed by atoms with Crippen LogP contribution < -0.4 is 0 Å². The molecule has 0 aromatic heterocycles. The summed E-state index contributed by atoms with van der Waals surface area (Å²) in [5.41, 5.74) is 0.767. The van der Waals surface area contributed by atoms with Crippen LogP contribution >= 0.6 is 0 Å². The van der Waals surface area contributed by atoms with Crippen LogP contribution in [0.2, 0.25) is 11.1 Å². The van der Waals surface area contributed by atoms with Gasteiger partial charge in [0.1, 0.15) is 0 Å². The molecule has 2 bridgehead atoms. The Labute approximate surface area is 104 Å². The Hall–Kier alpha value is -0.0105. The molecule has 2 aliphatic carbocycles. The first-order valence-corrected chi connectivity index (χ1v) is 9.15. The fourth-order valence-electron chi connectivity index (χ4n) is 4.15. The summed E-state index contributed by atoms with van der Waals surface area (Å²) in [6, 6.07) is 0.478. The number of nitrogens with zero attached hydrogens (tertiary/aromatic N) is 1. The number of hydrogen-bond donors (Lipinski definition) is 0. The third-order valence-electron chi connectivity index (χ3n) is 5.55. The summed E-state index contributed by atoms with van der Waals surface area (Å²) < 4.78 is 6.16. The zero-order valence-electron chi connectivity index (χ0n) is 10.6. The molecule has 3 rings (SSSR count). The van der Waals surface area contributed by atoms with E-state index in [2.05, 4.69) is 26.6 Å². The first kappa shape index (κ1) is 11.1. The summed E-state index contributed by atoms with van der Waals surface area (Å²) in [4.78, 5) is 4.87. The van der Waals surface area contributed by atoms with E-state index >= 15 is 0 Å². The zero-order valence-corrected chi connectivity index (χ0v) is 12.3. The van der Waals surface area contributed by atoms with Crippen molar-refractivity contribution < 1.29 is 4.74 Å². The van der Waals surface area contributed by atoms with E-state index in [1.165, 1.54) is 12.8 Å². The predicted octanol–water partition coefficient (Wildman–Crippen LogP) is 2.78. The molecule has 0 radical (unpaired) electrons. The summed E-state index contributed by atoms with van der Waals surface area (Å²) in [6.07, 6.45) is 3.06. The SMILES string of the molecule is C[Se]CC1=N[C@@H]2[C@H]3CC[C@@](C)([C@@H]2O1)C3(C)C. The minimum atomic E-state index is 0.355. The van der Waals surface area contributed by atoms with E-state index in [9.17, 15) is 0 Å². The number of hydrogen-bond acceptors (Lipinski definition) is 2. The molecule has 1 aliphatic heterocycles. The van der Waals surface area contributed by atoms with E-state index in [-0.39, 0.29) is 0 Å². The van der Waals surface area contributed by atoms with Crippen molar-refractivity contribution in [3.63, 3.8) is 0 Å². The molecular formula is C13H21NOSe. The molecule has 3 heteroatoms. The topological polar surface area (TPSA) is 21.6 Å². The quantitative estimate of drug-likeness (QED) is 0.715. The zero-order chi connectivity index (χ0) is 11.6. The standard InChI is InChI=1S/C13H21NOSe/c1-12(2)8-5-6-13(12,3)11-10(8)14-9(15-11)7-16-4/h8,10-11H,5-7H2,1-4H3/t8-,10-,11-,13+/m1/s1. The molecule has 2 saturated carbocycles. The van der Waals surface area contributed by atoms with Crippen molar-refractivity contribution in [2.24, 2.45) is 21.7 Å². The van der Waals surface area contributed by atoms with Gasteiger partial charge in [0.25, 0.3) is 0 Å². The van der Waals surface area contributed by atoms with Crippen molar-refractivity contribution >= 4 is 20.9 Å². The molecule has 2 fully saturated rings. The van der Waals surface area contributed by atoms with E-state index in [0.717, 1.165) is 17.1 Å². The predicted molar refractivity (Wildman–Crippen MR) is 67.1 cm³/mol. The Morgan fingerprint density at radius 3 is 2.81 bits per heavy atom. The van der Waals surface area contributed by atoms with Crippen LogP contribution in [0, 0.1) is 16.7 Å². The van der Waals surface area contributed by atoms with Crippen LogP contribution in [-0.2, 0) is 4.74 Å². The second-order valence-corrected chi connectivity index (χ2v) is 8.09. The van der Waals surface area contributed by atoms with Gasteiger partial charge in [0.15, 0.2) is 0 Å². The van der Waals surface area contributed by atoms with Crippen molar-refractivity contribution in [3.05, 3.63) is 0 Å². The van der Waals surface area contributed by atoms with Gasteiger partial charge in [0, 0.05) is 0 Å². The van der Waals surface area contributed by atoms with Gasteiger partial charge in [-0.3, -0.25) is 0 Å². The maximum absolute atomic E-state index is 6.16. The summed E-state index contributed by atoms with van der Waals surface area (Å²) in [6.45, 7) is 7.27. The van der Waals surface area contributed by atoms with Crippen molar-refractivity contribution in [1.29, 1.82) is 0 Å². The summed E-state index contributed by atoms with van der Waals surface area (Å²) in [5, 5.41) is 1.09. The molecule has 0 spiro atoms. The summed E-state index contributed by atoms with van der Waals surface area (Å²) in [5.74, 6) is 4.07. The van der Waals surface area contributed by atoms with Gasteiger partial charge in [-0.2, -0.15) is 0 Å². The minimum absolute atomic E-state index is 0.355. The summed E-state index contributed by atoms with van der Waals surface area (Å²) in [7, 11) is 0. The molecule has 0 aromatic rings. The molecule has 0 N–H and O–H groups in total. The van der Waals surface area contributed by atoms with E-state index in [1.54, 1.807) is 0 Å². The Kier molecular flexibility index (Phi) is 2.26. The molecule has 3 aliphatic rings. The molecule has 0 saturated heterocycles. The van der Waals surface area contributed by atoms with Crippen LogP contribution in [0.3, 0.4) is 0 Å². The molecule has 0 unspecified atom stereocenters. The molecule has 1 heterocycles. The number of rotatable bonds is 2. The van der Waals surface area contributed by atoms with E-state index < -0.39 is 0 Å². The second kappa shape index (κ2) is 3.26. The second-order valence-electron chi connectivity index (χ2n) is 6.27. The molecule has 0 aromatic carbocycles. The monoisotopic (exact) mass is 287 g/mol. The van der Waals surface area contributed by atoms with Gasteiger partial charge in [-0.1, -0.05) is 0 Å². The first-order valence-electron chi connectivity index (χ1n) is 6.23. The first-order chi connectivity index (χ1) is 7.50. The molecule has 0 amide bonds. The van der Waals surface area contributed by atoms with Crippen molar-refractivity contribution in [1.82, 2.24) is 0 Å². The summed E-state index contributed by atoms with van der Waals surface area (Å²) >= 11 is 0.646. The van der Waals surface area contributed by atoms with Crippen LogP contribution in [0.1, 0.15) is 33.6 Å². The van der Waals surface area contributed by atoms with E-state index in [0.29, 0.717) is 37.9 Å². The maximum atomic E-state index is 6.16. The average molecular weight is 286 g/mol. The fourth-order valence-corrected chi connectivity index (χ4v) is 4.97. The van der Waals surface area contributed by atoms with Gasteiger partial charge >= 0.3 is 104 Å². The number of ether oxygens (including phenoxy) is 1. The van der Waals surface area contributed by atoms with Gasteiger partial charge in [0.2, 0.25) is 0 Å². The Morgan fingerprint density at radius 1 is 1.44 bits per heavy atom.